The van der Waals surface area contributed by atoms with Crippen LogP contribution in [0.4, 0.5) is 0 Å². The Morgan fingerprint density at radius 3 is 2.26 bits per heavy atom. The first-order valence-electron chi connectivity index (χ1n) is 8.19. The topological polar surface area (TPSA) is 78.4 Å². The zero-order chi connectivity index (χ0) is 19.4. The van der Waals surface area contributed by atoms with E-state index in [0.29, 0.717) is 10.4 Å². The van der Waals surface area contributed by atoms with E-state index in [4.69, 9.17) is 16.8 Å². The lowest BCUT2D eigenvalue weighted by molar-refractivity contribution is 0.0711. The molecule has 3 aromatic rings. The molecule has 3 rings (SSSR count). The summed E-state index contributed by atoms with van der Waals surface area (Å²) < 4.78 is 0. The molecule has 0 aliphatic carbocycles. The van der Waals surface area contributed by atoms with E-state index in [1.54, 1.807) is 30.6 Å². The van der Waals surface area contributed by atoms with Crippen LogP contribution in [0.3, 0.4) is 0 Å². The normalized spacial score (nSPS) is 11.7. The van der Waals surface area contributed by atoms with E-state index >= 15 is 0 Å². The molecule has 0 saturated carbocycles. The van der Waals surface area contributed by atoms with Gasteiger partial charge in [-0.3, -0.25) is 14.8 Å². The second kappa shape index (κ2) is 8.35. The zero-order valence-corrected chi connectivity index (χ0v) is 16.0. The molecule has 27 heavy (non-hydrogen) atoms. The van der Waals surface area contributed by atoms with Gasteiger partial charge in [0, 0.05) is 10.4 Å². The highest BCUT2D eigenvalue weighted by Gasteiger charge is 2.19. The van der Waals surface area contributed by atoms with Gasteiger partial charge in [0.15, 0.2) is 0 Å². The van der Waals surface area contributed by atoms with Crippen molar-refractivity contribution in [3.8, 4) is 11.1 Å². The lowest BCUT2D eigenvalue weighted by Gasteiger charge is -2.12. The van der Waals surface area contributed by atoms with Gasteiger partial charge in [-0.15, -0.1) is 11.3 Å². The summed E-state index contributed by atoms with van der Waals surface area (Å²) in [5.41, 5.74) is 4.22. The van der Waals surface area contributed by atoms with Gasteiger partial charge < -0.3 is 5.32 Å². The zero-order valence-electron chi connectivity index (χ0n) is 14.4. The molecule has 0 radical (unpaired) electrons. The minimum atomic E-state index is -0.675. The molecular formula is C20H17ClN2O3S. The Bertz CT molecular complexity index is 955. The van der Waals surface area contributed by atoms with Crippen LogP contribution in [-0.4, -0.2) is 17.0 Å². The standard InChI is InChI=1S/C20H17ClN2O3S/c1-12(17-11-16(21)18(27-17)20(25)23-26)22-19(24)15-9-7-14(8-10-15)13-5-3-2-4-6-13/h2-12,26H,1H3,(H,22,24)(H,23,25)/t12-/m0/s1. The molecule has 7 heteroatoms. The van der Waals surface area contributed by atoms with Gasteiger partial charge in [-0.2, -0.15) is 0 Å². The molecule has 1 heterocycles. The van der Waals surface area contributed by atoms with Crippen LogP contribution in [0.2, 0.25) is 5.02 Å². The number of carbonyl (C=O) groups excluding carboxylic acids is 2. The van der Waals surface area contributed by atoms with Crippen molar-refractivity contribution < 1.29 is 14.8 Å². The molecule has 1 aromatic heterocycles. The van der Waals surface area contributed by atoms with E-state index in [1.165, 1.54) is 0 Å². The largest absolute Gasteiger partial charge is 0.345 e. The summed E-state index contributed by atoms with van der Waals surface area (Å²) in [5.74, 6) is -0.897. The summed E-state index contributed by atoms with van der Waals surface area (Å²) in [7, 11) is 0. The molecule has 3 N–H and O–H groups in total. The molecule has 0 unspecified atom stereocenters. The Hall–Kier alpha value is -2.67. The lowest BCUT2D eigenvalue weighted by Crippen LogP contribution is -2.26. The molecule has 0 aliphatic heterocycles. The van der Waals surface area contributed by atoms with Crippen molar-refractivity contribution in [2.45, 2.75) is 13.0 Å². The summed E-state index contributed by atoms with van der Waals surface area (Å²) in [6.45, 7) is 1.80. The third kappa shape index (κ3) is 4.36. The summed E-state index contributed by atoms with van der Waals surface area (Å²) in [6, 6.07) is 18.5. The number of halogens is 1. The van der Waals surface area contributed by atoms with Crippen molar-refractivity contribution in [2.75, 3.05) is 0 Å². The van der Waals surface area contributed by atoms with Gasteiger partial charge in [0.05, 0.1) is 11.1 Å². The highest BCUT2D eigenvalue weighted by atomic mass is 35.5. The van der Waals surface area contributed by atoms with Crippen molar-refractivity contribution in [3.05, 3.63) is 81.0 Å². The van der Waals surface area contributed by atoms with E-state index in [-0.39, 0.29) is 21.8 Å². The number of hydrogen-bond acceptors (Lipinski definition) is 4. The first kappa shape index (κ1) is 19.1. The maximum absolute atomic E-state index is 12.5. The molecule has 0 bridgehead atoms. The van der Waals surface area contributed by atoms with Crippen LogP contribution in [0.25, 0.3) is 11.1 Å². The number of carbonyl (C=O) groups is 2. The van der Waals surface area contributed by atoms with Gasteiger partial charge in [0.25, 0.3) is 11.8 Å². The van der Waals surface area contributed by atoms with Crippen LogP contribution in [0.15, 0.2) is 60.7 Å². The quantitative estimate of drug-likeness (QED) is 0.430. The Morgan fingerprint density at radius 2 is 1.63 bits per heavy atom. The lowest BCUT2D eigenvalue weighted by atomic mass is 10.0. The molecular weight excluding hydrogens is 384 g/mol. The molecule has 0 fully saturated rings. The number of hydrogen-bond donors (Lipinski definition) is 3. The van der Waals surface area contributed by atoms with Crippen LogP contribution < -0.4 is 10.8 Å². The van der Waals surface area contributed by atoms with Crippen LogP contribution in [0.5, 0.6) is 0 Å². The third-order valence-electron chi connectivity index (χ3n) is 4.04. The summed E-state index contributed by atoms with van der Waals surface area (Å²) >= 11 is 7.14. The Morgan fingerprint density at radius 1 is 1.00 bits per heavy atom. The second-order valence-corrected chi connectivity index (χ2v) is 7.40. The average molecular weight is 401 g/mol. The summed E-state index contributed by atoms with van der Waals surface area (Å²) in [4.78, 5) is 25.0. The predicted octanol–water partition coefficient (Wildman–Crippen LogP) is 4.68. The van der Waals surface area contributed by atoms with Crippen LogP contribution in [0.1, 0.15) is 37.9 Å². The van der Waals surface area contributed by atoms with Crippen LogP contribution in [-0.2, 0) is 0 Å². The molecule has 1 atom stereocenters. The fraction of sp³-hybridized carbons (Fsp3) is 0.100. The third-order valence-corrected chi connectivity index (χ3v) is 5.77. The molecule has 0 spiro atoms. The van der Waals surface area contributed by atoms with Crippen molar-refractivity contribution >= 4 is 34.8 Å². The summed E-state index contributed by atoms with van der Waals surface area (Å²) in [6.07, 6.45) is 0. The van der Waals surface area contributed by atoms with Gasteiger partial charge >= 0.3 is 0 Å². The maximum atomic E-state index is 12.5. The van der Waals surface area contributed by atoms with Gasteiger partial charge in [-0.25, -0.2) is 5.48 Å². The minimum absolute atomic E-state index is 0.197. The van der Waals surface area contributed by atoms with E-state index in [1.807, 2.05) is 42.5 Å². The highest BCUT2D eigenvalue weighted by Crippen LogP contribution is 2.31. The Kier molecular flexibility index (Phi) is 5.91. The SMILES string of the molecule is C[C@H](NC(=O)c1ccc(-c2ccccc2)cc1)c1cc(Cl)c(C(=O)NO)s1. The van der Waals surface area contributed by atoms with E-state index < -0.39 is 5.91 Å². The molecule has 0 saturated heterocycles. The first-order chi connectivity index (χ1) is 13.0. The van der Waals surface area contributed by atoms with Crippen LogP contribution >= 0.6 is 22.9 Å². The van der Waals surface area contributed by atoms with Crippen molar-refractivity contribution in [2.24, 2.45) is 0 Å². The van der Waals surface area contributed by atoms with E-state index in [0.717, 1.165) is 22.5 Å². The smallest absolute Gasteiger partial charge is 0.286 e. The minimum Gasteiger partial charge on any atom is -0.345 e. The number of hydroxylamine groups is 1. The van der Waals surface area contributed by atoms with Crippen molar-refractivity contribution in [3.63, 3.8) is 0 Å². The van der Waals surface area contributed by atoms with Gasteiger partial charge in [0.1, 0.15) is 4.88 Å². The first-order valence-corrected chi connectivity index (χ1v) is 9.39. The molecule has 5 nitrogen and oxygen atoms in total. The molecule has 2 aromatic carbocycles. The van der Waals surface area contributed by atoms with Gasteiger partial charge in [-0.05, 0) is 36.2 Å². The number of benzene rings is 2. The molecule has 138 valence electrons. The number of thiophene rings is 1. The van der Waals surface area contributed by atoms with Gasteiger partial charge in [0.2, 0.25) is 0 Å². The number of rotatable bonds is 5. The number of nitrogens with one attached hydrogen (secondary N) is 2. The van der Waals surface area contributed by atoms with Crippen molar-refractivity contribution in [1.29, 1.82) is 0 Å². The highest BCUT2D eigenvalue weighted by molar-refractivity contribution is 7.14. The van der Waals surface area contributed by atoms with Crippen molar-refractivity contribution in [1.82, 2.24) is 10.8 Å². The molecule has 0 aliphatic rings. The Labute approximate surface area is 165 Å². The fourth-order valence-corrected chi connectivity index (χ4v) is 3.93. The summed E-state index contributed by atoms with van der Waals surface area (Å²) in [5, 5.41) is 11.9. The van der Waals surface area contributed by atoms with E-state index in [2.05, 4.69) is 5.32 Å². The van der Waals surface area contributed by atoms with Crippen LogP contribution in [0, 0.1) is 0 Å². The second-order valence-electron chi connectivity index (χ2n) is 5.91. The Balaban J connectivity index is 1.71. The number of amides is 2. The van der Waals surface area contributed by atoms with E-state index in [9.17, 15) is 9.59 Å². The maximum Gasteiger partial charge on any atom is 0.286 e. The monoisotopic (exact) mass is 400 g/mol. The average Bonchev–Trinajstić information content (AvgIpc) is 3.10. The fourth-order valence-electron chi connectivity index (χ4n) is 2.60. The molecule has 2 amide bonds. The predicted molar refractivity (Wildman–Crippen MR) is 106 cm³/mol. The van der Waals surface area contributed by atoms with Gasteiger partial charge in [-0.1, -0.05) is 54.1 Å².